The van der Waals surface area contributed by atoms with E-state index in [-0.39, 0.29) is 0 Å². The van der Waals surface area contributed by atoms with E-state index in [0.29, 0.717) is 0 Å². The van der Waals surface area contributed by atoms with Gasteiger partial charge in [-0.25, -0.2) is 4.98 Å². The minimum Gasteiger partial charge on any atom is -0.266 e. The van der Waals surface area contributed by atoms with Crippen molar-refractivity contribution in [2.45, 2.75) is 6.92 Å². The van der Waals surface area contributed by atoms with Gasteiger partial charge in [0.2, 0.25) is 0 Å². The largest absolute Gasteiger partial charge is 0.266 e. The van der Waals surface area contributed by atoms with Crippen molar-refractivity contribution in [3.05, 3.63) is 41.5 Å². The number of rotatable bonds is 2. The average molecular weight is 372 g/mol. The van der Waals surface area contributed by atoms with Crippen molar-refractivity contribution in [1.82, 2.24) is 8.96 Å². The molecule has 0 amide bonds. The molecule has 3 heterocycles. The SMILES string of the molecule is Cc1ccc(-c2ccnc3c2ccn3SI)s1. The monoisotopic (exact) mass is 372 g/mol. The number of hydrogen-bond acceptors (Lipinski definition) is 3. The highest BCUT2D eigenvalue weighted by Gasteiger charge is 2.09. The Morgan fingerprint density at radius 1 is 1.29 bits per heavy atom. The van der Waals surface area contributed by atoms with E-state index in [1.807, 2.05) is 17.5 Å². The Balaban J connectivity index is 2.26. The third kappa shape index (κ3) is 2.00. The Bertz CT molecular complexity index is 672. The number of aromatic nitrogens is 2. The number of aryl methyl sites for hydroxylation is 1. The fraction of sp³-hybridized carbons (Fsp3) is 0.0833. The second-order valence-electron chi connectivity index (χ2n) is 3.72. The van der Waals surface area contributed by atoms with Crippen LogP contribution in [0.2, 0.25) is 0 Å². The van der Waals surface area contributed by atoms with Gasteiger partial charge in [0, 0.05) is 63.4 Å². The summed E-state index contributed by atoms with van der Waals surface area (Å²) in [5, 5.41) is 1.22. The van der Waals surface area contributed by atoms with Crippen LogP contribution < -0.4 is 0 Å². The molecule has 0 saturated heterocycles. The van der Waals surface area contributed by atoms with Crippen LogP contribution in [-0.4, -0.2) is 8.96 Å². The molecule has 0 aliphatic carbocycles. The van der Waals surface area contributed by atoms with Crippen LogP contribution >= 0.6 is 41.7 Å². The minimum absolute atomic E-state index is 1.04. The van der Waals surface area contributed by atoms with Crippen LogP contribution in [0.3, 0.4) is 0 Å². The standard InChI is InChI=1S/C12H9IN2S2/c1-8-2-3-11(16-8)9-4-6-14-12-10(9)5-7-15(12)17-13/h2-7H,1H3. The number of thiophene rings is 1. The summed E-state index contributed by atoms with van der Waals surface area (Å²) >= 11 is 4.10. The van der Waals surface area contributed by atoms with Crippen LogP contribution in [0.25, 0.3) is 21.5 Å². The van der Waals surface area contributed by atoms with Gasteiger partial charge in [-0.3, -0.25) is 3.97 Å². The fourth-order valence-corrected chi connectivity index (χ4v) is 4.04. The van der Waals surface area contributed by atoms with Crippen LogP contribution in [0.4, 0.5) is 0 Å². The molecule has 0 N–H and O–H groups in total. The summed E-state index contributed by atoms with van der Waals surface area (Å²) in [7, 11) is 1.64. The van der Waals surface area contributed by atoms with Crippen molar-refractivity contribution in [2.24, 2.45) is 0 Å². The van der Waals surface area contributed by atoms with Crippen LogP contribution in [0.1, 0.15) is 4.88 Å². The molecule has 3 aromatic heterocycles. The van der Waals surface area contributed by atoms with Crippen LogP contribution in [-0.2, 0) is 0 Å². The first-order chi connectivity index (χ1) is 8.29. The maximum Gasteiger partial charge on any atom is 0.151 e. The fourth-order valence-electron chi connectivity index (χ4n) is 1.86. The number of hydrogen-bond donors (Lipinski definition) is 0. The van der Waals surface area contributed by atoms with Crippen molar-refractivity contribution >= 4 is 52.7 Å². The van der Waals surface area contributed by atoms with Gasteiger partial charge in [-0.05, 0) is 31.2 Å². The summed E-state index contributed by atoms with van der Waals surface area (Å²) < 4.78 is 2.08. The molecule has 0 unspecified atom stereocenters. The molecule has 5 heteroatoms. The van der Waals surface area contributed by atoms with Gasteiger partial charge < -0.3 is 0 Å². The van der Waals surface area contributed by atoms with Gasteiger partial charge in [0.15, 0.2) is 5.65 Å². The summed E-state index contributed by atoms with van der Waals surface area (Å²) in [6.07, 6.45) is 3.95. The maximum atomic E-state index is 4.45. The highest BCUT2D eigenvalue weighted by Crippen LogP contribution is 2.34. The van der Waals surface area contributed by atoms with Gasteiger partial charge in [-0.1, -0.05) is 0 Å². The molecule has 0 aliphatic heterocycles. The molecule has 0 spiro atoms. The highest BCUT2D eigenvalue weighted by molar-refractivity contribution is 14.2. The second kappa shape index (κ2) is 4.62. The zero-order chi connectivity index (χ0) is 11.8. The summed E-state index contributed by atoms with van der Waals surface area (Å²) in [5.41, 5.74) is 2.31. The molecule has 0 aliphatic rings. The first kappa shape index (κ1) is 11.6. The summed E-state index contributed by atoms with van der Waals surface area (Å²) in [5.74, 6) is 0. The molecule has 0 saturated carbocycles. The molecule has 0 bridgehead atoms. The topological polar surface area (TPSA) is 17.8 Å². The van der Waals surface area contributed by atoms with Crippen LogP contribution in [0, 0.1) is 6.92 Å². The average Bonchev–Trinajstić information content (AvgIpc) is 2.94. The van der Waals surface area contributed by atoms with Crippen molar-refractivity contribution in [1.29, 1.82) is 0 Å². The third-order valence-electron chi connectivity index (χ3n) is 2.63. The van der Waals surface area contributed by atoms with Crippen molar-refractivity contribution in [2.75, 3.05) is 0 Å². The Hall–Kier alpha value is -0.530. The van der Waals surface area contributed by atoms with Gasteiger partial charge in [-0.2, -0.15) is 0 Å². The normalized spacial score (nSPS) is 11.2. The molecule has 2 nitrogen and oxygen atoms in total. The van der Waals surface area contributed by atoms with E-state index >= 15 is 0 Å². The molecule has 3 aromatic rings. The first-order valence-electron chi connectivity index (χ1n) is 5.11. The van der Waals surface area contributed by atoms with Gasteiger partial charge in [0.25, 0.3) is 0 Å². The van der Waals surface area contributed by atoms with E-state index in [1.165, 1.54) is 20.7 Å². The van der Waals surface area contributed by atoms with Gasteiger partial charge >= 0.3 is 0 Å². The number of pyridine rings is 1. The minimum atomic E-state index is 1.04. The Morgan fingerprint density at radius 3 is 2.88 bits per heavy atom. The van der Waals surface area contributed by atoms with E-state index in [9.17, 15) is 0 Å². The molecule has 0 atom stereocenters. The summed E-state index contributed by atoms with van der Waals surface area (Å²) in [6.45, 7) is 2.14. The summed E-state index contributed by atoms with van der Waals surface area (Å²) in [6, 6.07) is 8.58. The third-order valence-corrected chi connectivity index (χ3v) is 5.39. The van der Waals surface area contributed by atoms with Crippen molar-refractivity contribution < 1.29 is 0 Å². The first-order valence-corrected chi connectivity index (χ1v) is 9.25. The number of nitrogens with zero attached hydrogens (tertiary/aromatic N) is 2. The van der Waals surface area contributed by atoms with Crippen molar-refractivity contribution in [3.8, 4) is 10.4 Å². The lowest BCUT2D eigenvalue weighted by Crippen LogP contribution is -1.84. The van der Waals surface area contributed by atoms with Gasteiger partial charge in [0.1, 0.15) is 0 Å². The predicted octanol–water partition coefficient (Wildman–Crippen LogP) is 4.92. The molecule has 86 valence electrons. The predicted molar refractivity (Wildman–Crippen MR) is 84.8 cm³/mol. The van der Waals surface area contributed by atoms with Crippen molar-refractivity contribution in [3.63, 3.8) is 0 Å². The Morgan fingerprint density at radius 2 is 2.18 bits per heavy atom. The lowest BCUT2D eigenvalue weighted by molar-refractivity contribution is 1.27. The lowest BCUT2D eigenvalue weighted by Gasteiger charge is -2.01. The van der Waals surface area contributed by atoms with Gasteiger partial charge in [0.05, 0.1) is 0 Å². The van der Waals surface area contributed by atoms with Gasteiger partial charge in [-0.15, -0.1) is 11.3 Å². The zero-order valence-electron chi connectivity index (χ0n) is 9.05. The molecule has 0 radical (unpaired) electrons. The number of halogens is 1. The summed E-state index contributed by atoms with van der Waals surface area (Å²) in [4.78, 5) is 7.10. The molecular weight excluding hydrogens is 363 g/mol. The van der Waals surface area contributed by atoms with Crippen LogP contribution in [0.5, 0.6) is 0 Å². The number of fused-ring (bicyclic) bond motifs is 1. The van der Waals surface area contributed by atoms with E-state index in [1.54, 1.807) is 9.12 Å². The van der Waals surface area contributed by atoms with Crippen LogP contribution in [0.15, 0.2) is 36.7 Å². The molecule has 3 rings (SSSR count). The van der Waals surface area contributed by atoms with E-state index in [0.717, 1.165) is 5.65 Å². The van der Waals surface area contributed by atoms with E-state index < -0.39 is 0 Å². The molecule has 0 fully saturated rings. The highest BCUT2D eigenvalue weighted by atomic mass is 127. The quantitative estimate of drug-likeness (QED) is 0.595. The molecule has 17 heavy (non-hydrogen) atoms. The Labute approximate surface area is 120 Å². The Kier molecular flexibility index (Phi) is 3.14. The second-order valence-corrected chi connectivity index (χ2v) is 6.72. The molecule has 0 aromatic carbocycles. The van der Waals surface area contributed by atoms with E-state index in [2.05, 4.69) is 67.5 Å². The maximum absolute atomic E-state index is 4.45. The smallest absolute Gasteiger partial charge is 0.151 e. The van der Waals surface area contributed by atoms with E-state index in [4.69, 9.17) is 0 Å². The molecular formula is C12H9IN2S2. The lowest BCUT2D eigenvalue weighted by atomic mass is 10.1. The zero-order valence-corrected chi connectivity index (χ0v) is 12.8.